The van der Waals surface area contributed by atoms with Gasteiger partial charge in [0.15, 0.2) is 6.29 Å². The Morgan fingerprint density at radius 3 is 2.36 bits per heavy atom. The van der Waals surface area contributed by atoms with Gasteiger partial charge in [0, 0.05) is 6.54 Å². The van der Waals surface area contributed by atoms with Gasteiger partial charge in [-0.3, -0.25) is 4.79 Å². The SMILES string of the molecule is CC1(C)OB(C(=Cc2cccc(F)c2C=O)CN)OC1(C)C. The monoisotopic (exact) mass is 305 g/mol. The molecule has 1 fully saturated rings. The Morgan fingerprint density at radius 1 is 1.27 bits per heavy atom. The fourth-order valence-corrected chi connectivity index (χ4v) is 2.22. The minimum atomic E-state index is -0.613. The van der Waals surface area contributed by atoms with Crippen molar-refractivity contribution in [1.82, 2.24) is 0 Å². The fourth-order valence-electron chi connectivity index (χ4n) is 2.22. The van der Waals surface area contributed by atoms with Crippen LogP contribution in [0.15, 0.2) is 23.7 Å². The van der Waals surface area contributed by atoms with E-state index in [1.165, 1.54) is 6.07 Å². The summed E-state index contributed by atoms with van der Waals surface area (Å²) in [6.45, 7) is 7.96. The van der Waals surface area contributed by atoms with Crippen LogP contribution in [-0.4, -0.2) is 31.2 Å². The molecule has 6 heteroatoms. The molecule has 118 valence electrons. The highest BCUT2D eigenvalue weighted by Crippen LogP contribution is 2.38. The van der Waals surface area contributed by atoms with Gasteiger partial charge in [0.05, 0.1) is 16.8 Å². The third-order valence-electron chi connectivity index (χ3n) is 4.34. The molecule has 0 aliphatic carbocycles. The van der Waals surface area contributed by atoms with E-state index in [9.17, 15) is 9.18 Å². The van der Waals surface area contributed by atoms with E-state index in [1.54, 1.807) is 18.2 Å². The van der Waals surface area contributed by atoms with Crippen LogP contribution in [-0.2, 0) is 9.31 Å². The molecule has 2 N–H and O–H groups in total. The molecule has 1 saturated heterocycles. The van der Waals surface area contributed by atoms with Crippen LogP contribution in [0, 0.1) is 5.82 Å². The summed E-state index contributed by atoms with van der Waals surface area (Å²) >= 11 is 0. The lowest BCUT2D eigenvalue weighted by Gasteiger charge is -2.32. The number of hydrogen-bond donors (Lipinski definition) is 1. The number of carbonyl (C=O) groups is 1. The second kappa shape index (κ2) is 5.95. The summed E-state index contributed by atoms with van der Waals surface area (Å²) in [5, 5.41) is 0. The first-order valence-corrected chi connectivity index (χ1v) is 7.21. The molecule has 0 radical (unpaired) electrons. The minimum absolute atomic E-state index is 0.00460. The third kappa shape index (κ3) is 3.00. The van der Waals surface area contributed by atoms with Crippen LogP contribution in [0.5, 0.6) is 0 Å². The highest BCUT2D eigenvalue weighted by Gasteiger charge is 2.52. The quantitative estimate of drug-likeness (QED) is 0.686. The lowest BCUT2D eigenvalue weighted by Crippen LogP contribution is -2.41. The Balaban J connectivity index is 2.38. The van der Waals surface area contributed by atoms with Crippen molar-refractivity contribution in [1.29, 1.82) is 0 Å². The molecule has 1 aromatic rings. The predicted molar refractivity (Wildman–Crippen MR) is 84.9 cm³/mol. The molecule has 4 nitrogen and oxygen atoms in total. The van der Waals surface area contributed by atoms with Crippen molar-refractivity contribution >= 4 is 19.5 Å². The van der Waals surface area contributed by atoms with Gasteiger partial charge in [-0.15, -0.1) is 0 Å². The topological polar surface area (TPSA) is 61.5 Å². The summed E-state index contributed by atoms with van der Waals surface area (Å²) in [6.07, 6.45) is 2.16. The molecule has 1 aromatic carbocycles. The molecule has 0 spiro atoms. The standard InChI is InChI=1S/C16H21BFNO3/c1-15(2)16(3,4)22-17(21-15)12(9-19)8-11-6-5-7-14(18)13(11)10-20/h5-8,10H,9,19H2,1-4H3. The van der Waals surface area contributed by atoms with E-state index in [4.69, 9.17) is 15.0 Å². The molecule has 2 rings (SSSR count). The maximum absolute atomic E-state index is 13.7. The van der Waals surface area contributed by atoms with Gasteiger partial charge >= 0.3 is 7.12 Å². The number of benzene rings is 1. The summed E-state index contributed by atoms with van der Waals surface area (Å²) in [6, 6.07) is 4.46. The summed E-state index contributed by atoms with van der Waals surface area (Å²) < 4.78 is 25.6. The van der Waals surface area contributed by atoms with Crippen LogP contribution < -0.4 is 5.73 Å². The summed E-state index contributed by atoms with van der Waals surface area (Å²) in [4.78, 5) is 11.1. The van der Waals surface area contributed by atoms with Crippen molar-refractivity contribution in [2.24, 2.45) is 5.73 Å². The molecular formula is C16H21BFNO3. The molecule has 0 aromatic heterocycles. The number of nitrogens with two attached hydrogens (primary N) is 1. The van der Waals surface area contributed by atoms with Crippen molar-refractivity contribution in [3.8, 4) is 0 Å². The zero-order chi connectivity index (χ0) is 16.5. The van der Waals surface area contributed by atoms with Crippen LogP contribution in [0.25, 0.3) is 6.08 Å². The van der Waals surface area contributed by atoms with Crippen molar-refractivity contribution in [3.63, 3.8) is 0 Å². The molecule has 22 heavy (non-hydrogen) atoms. The molecule has 1 aliphatic rings. The van der Waals surface area contributed by atoms with Crippen molar-refractivity contribution in [3.05, 3.63) is 40.6 Å². The fraction of sp³-hybridized carbons (Fsp3) is 0.438. The van der Waals surface area contributed by atoms with Crippen LogP contribution >= 0.6 is 0 Å². The van der Waals surface area contributed by atoms with Gasteiger partial charge < -0.3 is 15.0 Å². The highest BCUT2D eigenvalue weighted by atomic mass is 19.1. The van der Waals surface area contributed by atoms with Crippen molar-refractivity contribution < 1.29 is 18.5 Å². The summed E-state index contributed by atoms with van der Waals surface area (Å²) in [7, 11) is -0.613. The van der Waals surface area contributed by atoms with Gasteiger partial charge in [0.1, 0.15) is 5.82 Å². The van der Waals surface area contributed by atoms with Crippen molar-refractivity contribution in [2.75, 3.05) is 6.54 Å². The number of hydrogen-bond acceptors (Lipinski definition) is 4. The Hall–Kier alpha value is -1.50. The first-order chi connectivity index (χ1) is 10.2. The Kier molecular flexibility index (Phi) is 4.56. The Morgan fingerprint density at radius 2 is 1.86 bits per heavy atom. The Bertz CT molecular complexity index is 597. The molecular weight excluding hydrogens is 284 g/mol. The number of rotatable bonds is 4. The van der Waals surface area contributed by atoms with Crippen molar-refractivity contribution in [2.45, 2.75) is 38.9 Å². The second-order valence-electron chi connectivity index (χ2n) is 6.37. The summed E-state index contributed by atoms with van der Waals surface area (Å²) in [5.41, 5.74) is 5.95. The lowest BCUT2D eigenvalue weighted by atomic mass is 9.77. The average Bonchev–Trinajstić information content (AvgIpc) is 2.64. The summed E-state index contributed by atoms with van der Waals surface area (Å²) in [5.74, 6) is -0.561. The van der Waals surface area contributed by atoms with Gasteiger partial charge in [-0.2, -0.15) is 0 Å². The molecule has 0 saturated carbocycles. The molecule has 0 unspecified atom stereocenters. The van der Waals surface area contributed by atoms with Gasteiger partial charge in [-0.05, 0) is 44.8 Å². The largest absolute Gasteiger partial charge is 0.491 e. The van der Waals surface area contributed by atoms with E-state index < -0.39 is 24.1 Å². The Labute approximate surface area is 130 Å². The number of carbonyl (C=O) groups excluding carboxylic acids is 1. The highest BCUT2D eigenvalue weighted by molar-refractivity contribution is 6.56. The van der Waals surface area contributed by atoms with Gasteiger partial charge in [0.2, 0.25) is 0 Å². The van der Waals surface area contributed by atoms with Crippen LogP contribution in [0.3, 0.4) is 0 Å². The van der Waals surface area contributed by atoms with Gasteiger partial charge in [-0.25, -0.2) is 4.39 Å². The zero-order valence-corrected chi connectivity index (χ0v) is 13.4. The van der Waals surface area contributed by atoms with Crippen LogP contribution in [0.1, 0.15) is 43.6 Å². The lowest BCUT2D eigenvalue weighted by molar-refractivity contribution is 0.00578. The van der Waals surface area contributed by atoms with Gasteiger partial charge in [0.25, 0.3) is 0 Å². The minimum Gasteiger partial charge on any atom is -0.400 e. The molecule has 0 bridgehead atoms. The van der Waals surface area contributed by atoms with E-state index in [-0.39, 0.29) is 12.1 Å². The van der Waals surface area contributed by atoms with E-state index >= 15 is 0 Å². The van der Waals surface area contributed by atoms with E-state index in [0.717, 1.165) is 0 Å². The number of aldehydes is 1. The average molecular weight is 305 g/mol. The smallest absolute Gasteiger partial charge is 0.400 e. The zero-order valence-electron chi connectivity index (χ0n) is 13.4. The first kappa shape index (κ1) is 16.9. The van der Waals surface area contributed by atoms with E-state index in [0.29, 0.717) is 17.3 Å². The first-order valence-electron chi connectivity index (χ1n) is 7.21. The second-order valence-corrected chi connectivity index (χ2v) is 6.37. The van der Waals surface area contributed by atoms with E-state index in [1.807, 2.05) is 27.7 Å². The molecule has 1 aliphatic heterocycles. The molecule has 1 heterocycles. The van der Waals surface area contributed by atoms with Gasteiger partial charge in [-0.1, -0.05) is 18.2 Å². The van der Waals surface area contributed by atoms with Crippen LogP contribution in [0.2, 0.25) is 0 Å². The van der Waals surface area contributed by atoms with E-state index in [2.05, 4.69) is 0 Å². The normalized spacial score (nSPS) is 20.3. The predicted octanol–water partition coefficient (Wildman–Crippen LogP) is 2.61. The number of halogens is 1. The van der Waals surface area contributed by atoms with Crippen LogP contribution in [0.4, 0.5) is 4.39 Å². The third-order valence-corrected chi connectivity index (χ3v) is 4.34. The maximum atomic E-state index is 13.7. The molecule has 0 amide bonds. The molecule has 0 atom stereocenters. The maximum Gasteiger partial charge on any atom is 0.491 e.